The Morgan fingerprint density at radius 1 is 1.25 bits per heavy atom. The monoisotopic (exact) mass is 46.0 g/mol. The van der Waals surface area contributed by atoms with Gasteiger partial charge in [0.1, 0.15) is 0 Å². The molecule has 0 atom stereocenters. The van der Waals surface area contributed by atoms with Crippen molar-refractivity contribution in [2.24, 2.45) is 0 Å². The van der Waals surface area contributed by atoms with Crippen molar-refractivity contribution < 1.29 is 18.9 Å². The van der Waals surface area contributed by atoms with Crippen LogP contribution in [0.3, 0.4) is 0 Å². The van der Waals surface area contributed by atoms with Gasteiger partial charge < -0.3 is 0 Å². The number of allylic oxidation sites excluding steroid dienone is 2. The van der Waals surface area contributed by atoms with Crippen LogP contribution >= 0.6 is 0 Å². The molecule has 0 saturated heterocycles. The fourth-order valence-electron chi connectivity index (χ4n) is 0. The minimum Gasteiger partial charge on any atom is -0.281 e. The van der Waals surface area contributed by atoms with Crippen LogP contribution < -0.4 is 18.9 Å². The summed E-state index contributed by atoms with van der Waals surface area (Å²) in [6.07, 6.45) is 6.00. The van der Waals surface area contributed by atoms with Crippen LogP contribution in [0.2, 0.25) is 0 Å². The predicted octanol–water partition coefficient (Wildman–Crippen LogP) is -2.24. The molecule has 0 amide bonds. The van der Waals surface area contributed by atoms with Gasteiger partial charge in [-0.15, -0.1) is 0 Å². The van der Waals surface area contributed by atoms with Crippen molar-refractivity contribution in [3.63, 3.8) is 0 Å². The molecule has 0 unspecified atom stereocenters. The van der Waals surface area contributed by atoms with Gasteiger partial charge in [-0.2, -0.15) is 0 Å². The van der Waals surface area contributed by atoms with E-state index in [1.807, 2.05) is 18.6 Å². The molecule has 0 spiro atoms. The summed E-state index contributed by atoms with van der Waals surface area (Å²) in [4.78, 5) is 0. The normalized spacial score (nSPS) is 12.0. The van der Waals surface area contributed by atoms with Gasteiger partial charge in [-0.1, -0.05) is 0 Å². The summed E-state index contributed by atoms with van der Waals surface area (Å²) in [5.74, 6) is 0. The fraction of sp³-hybridized carbons (Fsp3) is 0. The first-order valence-electron chi connectivity index (χ1n) is 1.00. The Morgan fingerprint density at radius 2 is 1.50 bits per heavy atom. The average molecular weight is 46.0 g/mol. The van der Waals surface area contributed by atoms with Crippen molar-refractivity contribution in [3.8, 4) is 0 Å². The van der Waals surface area contributed by atoms with Crippen molar-refractivity contribution >= 4 is 0 Å². The van der Waals surface area contributed by atoms with Crippen LogP contribution in [-0.4, -0.2) is 0 Å². The molecule has 0 N–H and O–H groups in total. The molecule has 0 saturated carbocycles. The summed E-state index contributed by atoms with van der Waals surface area (Å²) in [6, 6.07) is 0. The SMILES string of the molecule is C1=C[CH-]1.[Li+]. The van der Waals surface area contributed by atoms with Crippen LogP contribution in [0.25, 0.3) is 0 Å². The molecule has 0 radical (unpaired) electrons. The molecule has 0 aliphatic heterocycles. The van der Waals surface area contributed by atoms with Crippen LogP contribution in [0.1, 0.15) is 0 Å². The van der Waals surface area contributed by atoms with Gasteiger partial charge in [0.2, 0.25) is 0 Å². The van der Waals surface area contributed by atoms with Crippen LogP contribution in [-0.2, 0) is 0 Å². The zero-order valence-electron chi connectivity index (χ0n) is 2.73. The Bertz CT molecular complexity index is 26.3. The largest absolute Gasteiger partial charge is 1.00 e. The van der Waals surface area contributed by atoms with Crippen molar-refractivity contribution in [3.05, 3.63) is 18.6 Å². The maximum absolute atomic E-state index is 2.00. The van der Waals surface area contributed by atoms with Crippen molar-refractivity contribution in [2.45, 2.75) is 0 Å². The van der Waals surface area contributed by atoms with Crippen LogP contribution in [0.4, 0.5) is 0 Å². The first kappa shape index (κ1) is 4.21. The van der Waals surface area contributed by atoms with E-state index in [9.17, 15) is 0 Å². The van der Waals surface area contributed by atoms with Crippen molar-refractivity contribution in [1.29, 1.82) is 0 Å². The quantitative estimate of drug-likeness (QED) is 0.214. The molecular formula is C3H3Li. The molecule has 0 bridgehead atoms. The minimum absolute atomic E-state index is 0. The Kier molecular flexibility index (Phi) is 1.60. The smallest absolute Gasteiger partial charge is 0.281 e. The molecule has 1 heteroatoms. The first-order chi connectivity index (χ1) is 1.50. The van der Waals surface area contributed by atoms with Crippen molar-refractivity contribution in [1.82, 2.24) is 0 Å². The summed E-state index contributed by atoms with van der Waals surface area (Å²) in [5, 5.41) is 0. The van der Waals surface area contributed by atoms with E-state index < -0.39 is 0 Å². The van der Waals surface area contributed by atoms with E-state index in [1.165, 1.54) is 0 Å². The summed E-state index contributed by atoms with van der Waals surface area (Å²) in [5.41, 5.74) is 0. The van der Waals surface area contributed by atoms with Gasteiger partial charge in [-0.05, 0) is 0 Å². The Hall–Kier alpha value is 0.207. The molecule has 1 aliphatic carbocycles. The Balaban J connectivity index is 0.0000000900. The molecule has 4 heavy (non-hydrogen) atoms. The van der Waals surface area contributed by atoms with Gasteiger partial charge in [-0.3, -0.25) is 18.6 Å². The zero-order chi connectivity index (χ0) is 2.12. The number of hydrogen-bond donors (Lipinski definition) is 0. The predicted molar refractivity (Wildman–Crippen MR) is 13.4 cm³/mol. The van der Waals surface area contributed by atoms with E-state index in [4.69, 9.17) is 0 Å². The zero-order valence-corrected chi connectivity index (χ0v) is 2.73. The van der Waals surface area contributed by atoms with Crippen molar-refractivity contribution in [2.75, 3.05) is 0 Å². The molecule has 0 nitrogen and oxygen atoms in total. The maximum Gasteiger partial charge on any atom is 1.00 e. The van der Waals surface area contributed by atoms with E-state index in [0.29, 0.717) is 0 Å². The van der Waals surface area contributed by atoms with E-state index in [1.54, 1.807) is 0 Å². The van der Waals surface area contributed by atoms with E-state index in [-0.39, 0.29) is 18.9 Å². The van der Waals surface area contributed by atoms with Gasteiger partial charge >= 0.3 is 18.9 Å². The van der Waals surface area contributed by atoms with Gasteiger partial charge in [0.25, 0.3) is 0 Å². The third kappa shape index (κ3) is 2.21. The van der Waals surface area contributed by atoms with Gasteiger partial charge in [0.05, 0.1) is 0 Å². The molecule has 0 fully saturated rings. The number of hydrogen-bond acceptors (Lipinski definition) is 0. The van der Waals surface area contributed by atoms with Crippen LogP contribution in [0, 0.1) is 6.42 Å². The van der Waals surface area contributed by atoms with Gasteiger partial charge in [0.15, 0.2) is 0 Å². The van der Waals surface area contributed by atoms with Gasteiger partial charge in [-0.25, -0.2) is 0 Å². The molecule has 0 aromatic carbocycles. The van der Waals surface area contributed by atoms with E-state index in [0.717, 1.165) is 0 Å². The third-order valence-electron chi connectivity index (χ3n) is 0.192. The minimum atomic E-state index is 0. The molecule has 0 aromatic rings. The summed E-state index contributed by atoms with van der Waals surface area (Å²) < 4.78 is 0. The van der Waals surface area contributed by atoms with Crippen LogP contribution in [0.5, 0.6) is 0 Å². The second-order valence-corrected chi connectivity index (χ2v) is 0.577. The maximum atomic E-state index is 2.00. The molecule has 0 aromatic heterocycles. The third-order valence-corrected chi connectivity index (χ3v) is 0.192. The number of rotatable bonds is 0. The average Bonchev–Trinajstić information content (AvgIpc) is 1.46. The molecule has 0 heterocycles. The standard InChI is InChI=1S/C3H3.Li/c1-2-3-1;/h1-3H;/q-1;+1. The summed E-state index contributed by atoms with van der Waals surface area (Å²) in [7, 11) is 0. The van der Waals surface area contributed by atoms with E-state index in [2.05, 4.69) is 0 Å². The summed E-state index contributed by atoms with van der Waals surface area (Å²) >= 11 is 0. The molecule has 1 rings (SSSR count). The van der Waals surface area contributed by atoms with Gasteiger partial charge in [0, 0.05) is 0 Å². The fourth-order valence-corrected chi connectivity index (χ4v) is 0. The molecule has 1 aliphatic rings. The summed E-state index contributed by atoms with van der Waals surface area (Å²) in [6.45, 7) is 0. The second-order valence-electron chi connectivity index (χ2n) is 0.577. The Labute approximate surface area is 38.1 Å². The van der Waals surface area contributed by atoms with E-state index >= 15 is 0 Å². The molecule has 16 valence electrons. The Morgan fingerprint density at radius 3 is 1.50 bits per heavy atom. The molecular weight excluding hydrogens is 43.0 g/mol. The van der Waals surface area contributed by atoms with Crippen LogP contribution in [0.15, 0.2) is 12.2 Å². The first-order valence-corrected chi connectivity index (χ1v) is 1.00. The second kappa shape index (κ2) is 1.52. The topological polar surface area (TPSA) is 0 Å².